The van der Waals surface area contributed by atoms with E-state index in [0.29, 0.717) is 11.4 Å². The number of hydrogen-bond acceptors (Lipinski definition) is 4. The van der Waals surface area contributed by atoms with Crippen LogP contribution in [-0.4, -0.2) is 44.9 Å². The van der Waals surface area contributed by atoms with Crippen LogP contribution in [0.1, 0.15) is 26.7 Å². The fourth-order valence-corrected chi connectivity index (χ4v) is 12.3. The van der Waals surface area contributed by atoms with E-state index in [1.165, 1.54) is 11.4 Å². The van der Waals surface area contributed by atoms with E-state index in [0.717, 1.165) is 12.8 Å². The summed E-state index contributed by atoms with van der Waals surface area (Å²) in [6, 6.07) is 1.12. The first-order valence-corrected chi connectivity index (χ1v) is 13.0. The number of hydrogen-bond donors (Lipinski definition) is 0. The molecular weight excluding hydrogens is 291 g/mol. The molecule has 2 nitrogen and oxygen atoms in total. The van der Waals surface area contributed by atoms with Gasteiger partial charge in [-0.1, -0.05) is 48.5 Å². The maximum atomic E-state index is 6.34. The third-order valence-corrected chi connectivity index (χ3v) is 11.7. The second kappa shape index (κ2) is 6.77. The molecule has 2 aliphatic heterocycles. The number of ether oxygens (including phenoxy) is 2. The van der Waals surface area contributed by atoms with Gasteiger partial charge in [0.15, 0.2) is 0 Å². The van der Waals surface area contributed by atoms with Gasteiger partial charge < -0.3 is 9.47 Å². The Balaban J connectivity index is 1.89. The first kappa shape index (κ1) is 16.3. The summed E-state index contributed by atoms with van der Waals surface area (Å²) in [4.78, 5) is 0. The van der Waals surface area contributed by atoms with E-state index in [1.54, 1.807) is 0 Å². The Hall–Kier alpha value is 0.902. The largest absolute Gasteiger partial charge is 0.382 e. The standard InChI is InChI=1S/C13H25BO2S2Si/c1-9(2)5-10-11(6-12(14)15-10)16-13-7-19(3,4)8-17-18-13/h9-13H,5-8H2,1-4H3. The first-order chi connectivity index (χ1) is 8.85. The van der Waals surface area contributed by atoms with Gasteiger partial charge in [0.25, 0.3) is 0 Å². The minimum absolute atomic E-state index is 0.139. The van der Waals surface area contributed by atoms with Crippen molar-refractivity contribution in [3.8, 4) is 0 Å². The molecule has 2 rings (SSSR count). The molecule has 2 saturated heterocycles. The first-order valence-electron chi connectivity index (χ1n) is 7.20. The zero-order chi connectivity index (χ0) is 14.0. The lowest BCUT2D eigenvalue weighted by Gasteiger charge is -2.34. The lowest BCUT2D eigenvalue weighted by molar-refractivity contribution is -0.0266. The van der Waals surface area contributed by atoms with Gasteiger partial charge in [-0.2, -0.15) is 0 Å². The van der Waals surface area contributed by atoms with E-state index in [9.17, 15) is 0 Å². The van der Waals surface area contributed by atoms with Crippen LogP contribution in [-0.2, 0) is 9.47 Å². The van der Waals surface area contributed by atoms with Crippen molar-refractivity contribution in [2.75, 3.05) is 5.38 Å². The van der Waals surface area contributed by atoms with Gasteiger partial charge in [-0.25, -0.2) is 0 Å². The highest BCUT2D eigenvalue weighted by Crippen LogP contribution is 2.42. The zero-order valence-corrected chi connectivity index (χ0v) is 15.1. The maximum absolute atomic E-state index is 6.34. The molecule has 4 unspecified atom stereocenters. The van der Waals surface area contributed by atoms with Crippen molar-refractivity contribution in [1.82, 2.24) is 0 Å². The molecule has 0 bridgehead atoms. The van der Waals surface area contributed by atoms with Crippen LogP contribution in [0.3, 0.4) is 0 Å². The topological polar surface area (TPSA) is 18.5 Å². The highest BCUT2D eigenvalue weighted by Gasteiger charge is 2.38. The number of rotatable bonds is 4. The van der Waals surface area contributed by atoms with Crippen molar-refractivity contribution in [2.24, 2.45) is 5.92 Å². The Kier molecular flexibility index (Phi) is 5.80. The van der Waals surface area contributed by atoms with Gasteiger partial charge in [0.2, 0.25) is 0 Å². The van der Waals surface area contributed by atoms with Crippen molar-refractivity contribution in [1.29, 1.82) is 0 Å². The van der Waals surface area contributed by atoms with Crippen LogP contribution < -0.4 is 0 Å². The van der Waals surface area contributed by atoms with Crippen molar-refractivity contribution in [2.45, 2.75) is 69.5 Å². The minimum atomic E-state index is -1.05. The SMILES string of the molecule is [B]C1CC(OC2C[Si](C)(C)CSS2)C(CC(C)C)O1. The summed E-state index contributed by atoms with van der Waals surface area (Å²) in [5.74, 6) is 0.626. The second-order valence-corrected chi connectivity index (χ2v) is 15.0. The summed E-state index contributed by atoms with van der Waals surface area (Å²) < 4.78 is 12.2. The van der Waals surface area contributed by atoms with E-state index in [2.05, 4.69) is 26.9 Å². The third kappa shape index (κ3) is 4.99. The summed E-state index contributed by atoms with van der Waals surface area (Å²) in [6.45, 7) is 9.37. The van der Waals surface area contributed by atoms with Gasteiger partial charge >= 0.3 is 0 Å². The van der Waals surface area contributed by atoms with Crippen molar-refractivity contribution >= 4 is 37.5 Å². The van der Waals surface area contributed by atoms with Gasteiger partial charge in [-0.15, -0.1) is 0 Å². The molecule has 4 atom stereocenters. The van der Waals surface area contributed by atoms with Crippen LogP contribution in [0.5, 0.6) is 0 Å². The molecule has 19 heavy (non-hydrogen) atoms. The van der Waals surface area contributed by atoms with Crippen LogP contribution in [0.15, 0.2) is 0 Å². The highest BCUT2D eigenvalue weighted by atomic mass is 33.1. The maximum Gasteiger partial charge on any atom is 0.111 e. The summed E-state index contributed by atoms with van der Waals surface area (Å²) >= 11 is 0. The quantitative estimate of drug-likeness (QED) is 0.582. The molecule has 2 fully saturated rings. The Labute approximate surface area is 128 Å². The molecule has 0 aromatic heterocycles. The lowest BCUT2D eigenvalue weighted by atomic mass is 9.94. The summed E-state index contributed by atoms with van der Waals surface area (Å²) in [5, 5.41) is 1.34. The average Bonchev–Trinajstić information content (AvgIpc) is 2.56. The Bertz CT molecular complexity index is 304. The van der Waals surface area contributed by atoms with Crippen LogP contribution in [0.2, 0.25) is 19.1 Å². The molecule has 2 aliphatic rings. The highest BCUT2D eigenvalue weighted by molar-refractivity contribution is 8.77. The Morgan fingerprint density at radius 1 is 1.42 bits per heavy atom. The monoisotopic (exact) mass is 316 g/mol. The van der Waals surface area contributed by atoms with E-state index in [1.807, 2.05) is 21.6 Å². The summed E-state index contributed by atoms with van der Waals surface area (Å²) in [5.41, 5.74) is 0.342. The predicted octanol–water partition coefficient (Wildman–Crippen LogP) is 3.67. The zero-order valence-electron chi connectivity index (χ0n) is 12.4. The molecule has 2 radical (unpaired) electrons. The molecule has 2 heterocycles. The normalized spacial score (nSPS) is 38.8. The molecule has 0 spiro atoms. The van der Waals surface area contributed by atoms with Gasteiger partial charge in [0.05, 0.1) is 20.3 Å². The van der Waals surface area contributed by atoms with Crippen LogP contribution in [0, 0.1) is 5.92 Å². The molecule has 0 aromatic rings. The third-order valence-electron chi connectivity index (χ3n) is 3.60. The fourth-order valence-electron chi connectivity index (χ4n) is 2.64. The Morgan fingerprint density at radius 3 is 2.79 bits per heavy atom. The molecule has 0 saturated carbocycles. The van der Waals surface area contributed by atoms with Crippen molar-refractivity contribution < 1.29 is 9.47 Å². The average molecular weight is 316 g/mol. The molecule has 0 N–H and O–H groups in total. The van der Waals surface area contributed by atoms with Gasteiger partial charge in [0.1, 0.15) is 13.3 Å². The molecule has 108 valence electrons. The minimum Gasteiger partial charge on any atom is -0.382 e. The lowest BCUT2D eigenvalue weighted by Crippen LogP contribution is -2.39. The van der Waals surface area contributed by atoms with Crippen LogP contribution in [0.25, 0.3) is 0 Å². The summed E-state index contributed by atoms with van der Waals surface area (Å²) in [7, 11) is 8.79. The van der Waals surface area contributed by atoms with Crippen molar-refractivity contribution in [3.63, 3.8) is 0 Å². The summed E-state index contributed by atoms with van der Waals surface area (Å²) in [6.07, 6.45) is 2.27. The van der Waals surface area contributed by atoms with Gasteiger partial charge in [0, 0.05) is 6.00 Å². The predicted molar refractivity (Wildman–Crippen MR) is 89.5 cm³/mol. The second-order valence-electron chi connectivity index (χ2n) is 6.91. The van der Waals surface area contributed by atoms with Crippen molar-refractivity contribution in [3.05, 3.63) is 0 Å². The molecule has 0 aliphatic carbocycles. The molecule has 0 amide bonds. The van der Waals surface area contributed by atoms with E-state index < -0.39 is 8.07 Å². The van der Waals surface area contributed by atoms with E-state index in [-0.39, 0.29) is 18.2 Å². The molecular formula is C13H25BO2S2Si. The van der Waals surface area contributed by atoms with Crippen LogP contribution in [0.4, 0.5) is 0 Å². The van der Waals surface area contributed by atoms with Gasteiger partial charge in [-0.3, -0.25) is 0 Å². The molecule has 0 aromatic carbocycles. The fraction of sp³-hybridized carbons (Fsp3) is 1.00. The smallest absolute Gasteiger partial charge is 0.111 e. The van der Waals surface area contributed by atoms with E-state index >= 15 is 0 Å². The van der Waals surface area contributed by atoms with E-state index in [4.69, 9.17) is 17.3 Å². The molecule has 6 heteroatoms. The van der Waals surface area contributed by atoms with Crippen LogP contribution >= 0.6 is 21.6 Å². The van der Waals surface area contributed by atoms with Gasteiger partial charge in [-0.05, 0) is 30.2 Å². The Morgan fingerprint density at radius 2 is 2.16 bits per heavy atom.